The summed E-state index contributed by atoms with van der Waals surface area (Å²) in [5.74, 6) is 0. The van der Waals surface area contributed by atoms with Crippen LogP contribution in [0.5, 0.6) is 0 Å². The second kappa shape index (κ2) is 4.26. The third-order valence-corrected chi connectivity index (χ3v) is 2.05. The van der Waals surface area contributed by atoms with Crippen LogP contribution in [0.1, 0.15) is 25.1 Å². The van der Waals surface area contributed by atoms with Gasteiger partial charge in [0.05, 0.1) is 6.20 Å². The Balaban J connectivity index is 2.70. The van der Waals surface area contributed by atoms with E-state index < -0.39 is 0 Å². The third kappa shape index (κ3) is 1.85. The second-order valence-electron chi connectivity index (χ2n) is 2.87. The highest BCUT2D eigenvalue weighted by molar-refractivity contribution is 5.17. The van der Waals surface area contributed by atoms with E-state index in [0.29, 0.717) is 0 Å². The summed E-state index contributed by atoms with van der Waals surface area (Å²) in [6.07, 6.45) is 3.00. The van der Waals surface area contributed by atoms with Gasteiger partial charge >= 0.3 is 0 Å². The summed E-state index contributed by atoms with van der Waals surface area (Å²) in [5.41, 5.74) is 2.65. The topological polar surface area (TPSA) is 29.9 Å². The summed E-state index contributed by atoms with van der Waals surface area (Å²) in [4.78, 5) is 0. The molecule has 0 aromatic carbocycles. The van der Waals surface area contributed by atoms with Gasteiger partial charge in [-0.15, -0.1) is 0 Å². The minimum atomic E-state index is 0.938. The number of aromatic nitrogens is 2. The van der Waals surface area contributed by atoms with E-state index in [1.54, 1.807) is 0 Å². The molecule has 0 aliphatic rings. The molecule has 68 valence electrons. The largest absolute Gasteiger partial charge is 0.313 e. The summed E-state index contributed by atoms with van der Waals surface area (Å²) >= 11 is 0. The van der Waals surface area contributed by atoms with Crippen molar-refractivity contribution in [2.45, 2.75) is 26.8 Å². The zero-order valence-electron chi connectivity index (χ0n) is 8.09. The first-order valence-corrected chi connectivity index (χ1v) is 4.50. The van der Waals surface area contributed by atoms with Gasteiger partial charge in [0.25, 0.3) is 0 Å². The Morgan fingerprint density at radius 3 is 2.83 bits per heavy atom. The van der Waals surface area contributed by atoms with Crippen LogP contribution in [0, 0.1) is 0 Å². The molecule has 0 aliphatic heterocycles. The highest BCUT2D eigenvalue weighted by Gasteiger charge is 2.04. The first-order chi connectivity index (χ1) is 5.79. The first-order valence-electron chi connectivity index (χ1n) is 4.50. The minimum absolute atomic E-state index is 0.938. The van der Waals surface area contributed by atoms with E-state index in [4.69, 9.17) is 0 Å². The molecule has 0 radical (unpaired) electrons. The average molecular weight is 167 g/mol. The van der Waals surface area contributed by atoms with Crippen molar-refractivity contribution in [3.63, 3.8) is 0 Å². The number of rotatable bonds is 4. The fourth-order valence-electron chi connectivity index (χ4n) is 1.37. The van der Waals surface area contributed by atoms with Gasteiger partial charge in [-0.05, 0) is 13.0 Å². The lowest BCUT2D eigenvalue weighted by molar-refractivity contribution is 0.694. The van der Waals surface area contributed by atoms with Crippen LogP contribution in [0.25, 0.3) is 0 Å². The molecule has 0 atom stereocenters. The van der Waals surface area contributed by atoms with Crippen LogP contribution in [0.15, 0.2) is 6.20 Å². The zero-order valence-corrected chi connectivity index (χ0v) is 8.09. The van der Waals surface area contributed by atoms with Gasteiger partial charge in [-0.2, -0.15) is 5.10 Å². The maximum atomic E-state index is 4.22. The zero-order chi connectivity index (χ0) is 8.97. The molecule has 0 fully saturated rings. The van der Waals surface area contributed by atoms with E-state index >= 15 is 0 Å². The van der Waals surface area contributed by atoms with Gasteiger partial charge < -0.3 is 5.32 Å². The van der Waals surface area contributed by atoms with Crippen LogP contribution in [0.3, 0.4) is 0 Å². The smallest absolute Gasteiger partial charge is 0.0537 e. The molecule has 0 saturated carbocycles. The molecule has 0 aliphatic carbocycles. The molecule has 12 heavy (non-hydrogen) atoms. The Bertz CT molecular complexity index is 240. The van der Waals surface area contributed by atoms with Crippen LogP contribution >= 0.6 is 0 Å². The summed E-state index contributed by atoms with van der Waals surface area (Å²) in [6.45, 7) is 6.22. The van der Waals surface area contributed by atoms with E-state index in [1.807, 2.05) is 17.9 Å². The van der Waals surface area contributed by atoms with Crippen LogP contribution in [0.2, 0.25) is 0 Å². The van der Waals surface area contributed by atoms with E-state index in [2.05, 4.69) is 24.3 Å². The molecule has 0 amide bonds. The minimum Gasteiger partial charge on any atom is -0.313 e. The van der Waals surface area contributed by atoms with Crippen molar-refractivity contribution in [1.29, 1.82) is 0 Å². The lowest BCUT2D eigenvalue weighted by Crippen LogP contribution is -2.13. The molecule has 0 saturated heterocycles. The number of nitrogens with one attached hydrogen (secondary N) is 1. The van der Waals surface area contributed by atoms with Crippen molar-refractivity contribution in [1.82, 2.24) is 15.1 Å². The van der Waals surface area contributed by atoms with Gasteiger partial charge in [0, 0.05) is 24.8 Å². The fourth-order valence-corrected chi connectivity index (χ4v) is 1.37. The average Bonchev–Trinajstić information content (AvgIpc) is 2.43. The number of aryl methyl sites for hydroxylation is 1. The number of hydrogen-bond acceptors (Lipinski definition) is 2. The van der Waals surface area contributed by atoms with Crippen molar-refractivity contribution >= 4 is 0 Å². The monoisotopic (exact) mass is 167 g/mol. The van der Waals surface area contributed by atoms with Gasteiger partial charge in [0.1, 0.15) is 0 Å². The fraction of sp³-hybridized carbons (Fsp3) is 0.667. The maximum absolute atomic E-state index is 4.22. The normalized spacial score (nSPS) is 10.6. The van der Waals surface area contributed by atoms with Crippen LogP contribution in [-0.2, 0) is 20.0 Å². The van der Waals surface area contributed by atoms with E-state index in [9.17, 15) is 0 Å². The van der Waals surface area contributed by atoms with Gasteiger partial charge in [0.15, 0.2) is 0 Å². The molecular formula is C9H17N3. The van der Waals surface area contributed by atoms with E-state index in [-0.39, 0.29) is 0 Å². The Labute approximate surface area is 73.8 Å². The molecule has 1 aromatic rings. The van der Waals surface area contributed by atoms with Crippen molar-refractivity contribution in [2.75, 3.05) is 6.54 Å². The first kappa shape index (κ1) is 9.26. The SMILES string of the molecule is CCNCc1cnn(C)c1CC. The van der Waals surface area contributed by atoms with Crippen LogP contribution in [-0.4, -0.2) is 16.3 Å². The highest BCUT2D eigenvalue weighted by Crippen LogP contribution is 2.07. The van der Waals surface area contributed by atoms with Crippen molar-refractivity contribution < 1.29 is 0 Å². The summed E-state index contributed by atoms with van der Waals surface area (Å²) in [6, 6.07) is 0. The Kier molecular flexibility index (Phi) is 3.29. The highest BCUT2D eigenvalue weighted by atomic mass is 15.3. The quantitative estimate of drug-likeness (QED) is 0.727. The van der Waals surface area contributed by atoms with Crippen LogP contribution in [0.4, 0.5) is 0 Å². The Hall–Kier alpha value is -0.830. The maximum Gasteiger partial charge on any atom is 0.0537 e. The number of hydrogen-bond donors (Lipinski definition) is 1. The molecule has 3 heteroatoms. The second-order valence-corrected chi connectivity index (χ2v) is 2.87. The predicted molar refractivity (Wildman–Crippen MR) is 50.0 cm³/mol. The third-order valence-electron chi connectivity index (χ3n) is 2.05. The van der Waals surface area contributed by atoms with Crippen LogP contribution < -0.4 is 5.32 Å². The summed E-state index contributed by atoms with van der Waals surface area (Å²) in [5, 5.41) is 7.52. The summed E-state index contributed by atoms with van der Waals surface area (Å²) in [7, 11) is 1.99. The van der Waals surface area contributed by atoms with Gasteiger partial charge in [-0.3, -0.25) is 4.68 Å². The van der Waals surface area contributed by atoms with Crippen molar-refractivity contribution in [3.05, 3.63) is 17.5 Å². The van der Waals surface area contributed by atoms with E-state index in [0.717, 1.165) is 19.5 Å². The molecule has 1 heterocycles. The Morgan fingerprint density at radius 2 is 2.25 bits per heavy atom. The molecule has 1 N–H and O–H groups in total. The lowest BCUT2D eigenvalue weighted by Gasteiger charge is -2.02. The number of nitrogens with zero attached hydrogens (tertiary/aromatic N) is 2. The molecule has 0 unspecified atom stereocenters. The molecular weight excluding hydrogens is 150 g/mol. The summed E-state index contributed by atoms with van der Waals surface area (Å²) < 4.78 is 1.95. The molecule has 0 spiro atoms. The molecule has 0 bridgehead atoms. The van der Waals surface area contributed by atoms with Gasteiger partial charge in [-0.25, -0.2) is 0 Å². The lowest BCUT2D eigenvalue weighted by atomic mass is 10.2. The molecule has 1 rings (SSSR count). The molecule has 3 nitrogen and oxygen atoms in total. The van der Waals surface area contributed by atoms with E-state index in [1.165, 1.54) is 11.3 Å². The predicted octanol–water partition coefficient (Wildman–Crippen LogP) is 1.09. The van der Waals surface area contributed by atoms with Crippen molar-refractivity contribution in [3.8, 4) is 0 Å². The Morgan fingerprint density at radius 1 is 1.50 bits per heavy atom. The standard InChI is InChI=1S/C9H17N3/c1-4-9-8(6-10-5-2)7-11-12(9)3/h7,10H,4-6H2,1-3H3. The van der Waals surface area contributed by atoms with Crippen molar-refractivity contribution in [2.24, 2.45) is 7.05 Å². The van der Waals surface area contributed by atoms with Gasteiger partial charge in [0.2, 0.25) is 0 Å². The molecule has 1 aromatic heterocycles. The van der Waals surface area contributed by atoms with Gasteiger partial charge in [-0.1, -0.05) is 13.8 Å².